The Hall–Kier alpha value is -2.69. The van der Waals surface area contributed by atoms with E-state index in [-0.39, 0.29) is 30.6 Å². The molecular weight excluding hydrogens is 331 g/mol. The van der Waals surface area contributed by atoms with Gasteiger partial charge in [-0.25, -0.2) is 4.39 Å². The van der Waals surface area contributed by atoms with Gasteiger partial charge in [0.25, 0.3) is 0 Å². The number of benzene rings is 2. The predicted molar refractivity (Wildman–Crippen MR) is 100.0 cm³/mol. The van der Waals surface area contributed by atoms with Gasteiger partial charge in [-0.15, -0.1) is 0 Å². The van der Waals surface area contributed by atoms with Gasteiger partial charge in [-0.3, -0.25) is 9.59 Å². The second kappa shape index (κ2) is 9.13. The maximum atomic E-state index is 14.1. The fraction of sp³-hybridized carbons (Fsp3) is 0.333. The molecule has 0 radical (unpaired) electrons. The molecule has 26 heavy (non-hydrogen) atoms. The summed E-state index contributed by atoms with van der Waals surface area (Å²) in [6.07, 6.45) is 0.171. The third-order valence-electron chi connectivity index (χ3n) is 4.42. The first-order valence-corrected chi connectivity index (χ1v) is 8.79. The van der Waals surface area contributed by atoms with E-state index in [2.05, 4.69) is 5.32 Å². The molecule has 0 saturated carbocycles. The summed E-state index contributed by atoms with van der Waals surface area (Å²) in [4.78, 5) is 26.7. The molecule has 2 rings (SSSR count). The number of carbonyl (C=O) groups is 2. The molecule has 0 bridgehead atoms. The lowest BCUT2D eigenvalue weighted by Gasteiger charge is -2.29. The highest BCUT2D eigenvalue weighted by atomic mass is 19.1. The number of nitrogens with zero attached hydrogens (tertiary/aromatic N) is 1. The second-order valence-electron chi connectivity index (χ2n) is 6.29. The molecule has 2 aromatic carbocycles. The van der Waals surface area contributed by atoms with Crippen LogP contribution in [0.1, 0.15) is 30.5 Å². The molecule has 2 aromatic rings. The van der Waals surface area contributed by atoms with Gasteiger partial charge in [-0.2, -0.15) is 0 Å². The van der Waals surface area contributed by atoms with Crippen LogP contribution in [0, 0.1) is 12.7 Å². The Morgan fingerprint density at radius 2 is 1.69 bits per heavy atom. The van der Waals surface area contributed by atoms with E-state index in [1.54, 1.807) is 25.1 Å². The Morgan fingerprint density at radius 3 is 2.31 bits per heavy atom. The van der Waals surface area contributed by atoms with Crippen molar-refractivity contribution >= 4 is 11.8 Å². The van der Waals surface area contributed by atoms with E-state index in [9.17, 15) is 14.0 Å². The fourth-order valence-electron chi connectivity index (χ4n) is 2.79. The van der Waals surface area contributed by atoms with Crippen molar-refractivity contribution in [1.29, 1.82) is 0 Å². The van der Waals surface area contributed by atoms with Gasteiger partial charge in [0.05, 0.1) is 6.42 Å². The Balaban J connectivity index is 2.27. The van der Waals surface area contributed by atoms with Crippen LogP contribution in [-0.4, -0.2) is 29.3 Å². The number of carbonyl (C=O) groups excluding carboxylic acids is 2. The number of rotatable bonds is 7. The molecule has 0 heterocycles. The monoisotopic (exact) mass is 356 g/mol. The van der Waals surface area contributed by atoms with Crippen LogP contribution in [0.3, 0.4) is 0 Å². The van der Waals surface area contributed by atoms with Crippen molar-refractivity contribution in [1.82, 2.24) is 10.2 Å². The summed E-state index contributed by atoms with van der Waals surface area (Å²) in [7, 11) is 0. The predicted octanol–water partition coefficient (Wildman–Crippen LogP) is 3.23. The first-order valence-electron chi connectivity index (χ1n) is 8.79. The summed E-state index contributed by atoms with van der Waals surface area (Å²) in [5.41, 5.74) is 2.30. The number of amides is 2. The third kappa shape index (κ3) is 4.91. The molecule has 1 atom stereocenters. The smallest absolute Gasteiger partial charge is 0.242 e. The zero-order valence-corrected chi connectivity index (χ0v) is 15.5. The highest BCUT2D eigenvalue weighted by molar-refractivity contribution is 5.88. The van der Waals surface area contributed by atoms with Gasteiger partial charge < -0.3 is 10.2 Å². The molecule has 0 saturated heterocycles. The van der Waals surface area contributed by atoms with E-state index in [1.165, 1.54) is 11.0 Å². The molecule has 2 amide bonds. The maximum Gasteiger partial charge on any atom is 0.242 e. The second-order valence-corrected chi connectivity index (χ2v) is 6.29. The molecule has 1 N–H and O–H groups in total. The molecule has 138 valence electrons. The van der Waals surface area contributed by atoms with Crippen molar-refractivity contribution in [2.24, 2.45) is 0 Å². The normalized spacial score (nSPS) is 11.7. The van der Waals surface area contributed by atoms with Gasteiger partial charge in [0, 0.05) is 18.7 Å². The summed E-state index contributed by atoms with van der Waals surface area (Å²) in [5.74, 6) is -0.840. The van der Waals surface area contributed by atoms with Gasteiger partial charge >= 0.3 is 0 Å². The number of nitrogens with one attached hydrogen (secondary N) is 1. The fourth-order valence-corrected chi connectivity index (χ4v) is 2.79. The Labute approximate surface area is 154 Å². The van der Waals surface area contributed by atoms with Crippen molar-refractivity contribution < 1.29 is 14.0 Å². The third-order valence-corrected chi connectivity index (χ3v) is 4.42. The van der Waals surface area contributed by atoms with Gasteiger partial charge in [0.1, 0.15) is 11.9 Å². The van der Waals surface area contributed by atoms with Gasteiger partial charge in [0.15, 0.2) is 0 Å². The maximum absolute atomic E-state index is 14.1. The van der Waals surface area contributed by atoms with Crippen molar-refractivity contribution in [3.63, 3.8) is 0 Å². The zero-order valence-electron chi connectivity index (χ0n) is 15.5. The SMILES string of the molecule is CCNC(=O)C(C)N(Cc1ccccc1F)C(=O)Cc1ccccc1C. The van der Waals surface area contributed by atoms with E-state index < -0.39 is 6.04 Å². The number of hydrogen-bond acceptors (Lipinski definition) is 2. The summed E-state index contributed by atoms with van der Waals surface area (Å²) in [6.45, 7) is 5.96. The van der Waals surface area contributed by atoms with Crippen LogP contribution in [-0.2, 0) is 22.6 Å². The molecule has 0 aliphatic heterocycles. The lowest BCUT2D eigenvalue weighted by atomic mass is 10.0. The highest BCUT2D eigenvalue weighted by Gasteiger charge is 2.26. The molecule has 0 aromatic heterocycles. The standard InChI is InChI=1S/C21H25FN2O2/c1-4-23-21(26)16(3)24(14-18-11-7-8-12-19(18)22)20(25)13-17-10-6-5-9-15(17)2/h5-12,16H,4,13-14H2,1-3H3,(H,23,26). The first-order chi connectivity index (χ1) is 12.4. The molecule has 4 nitrogen and oxygen atoms in total. The molecule has 0 fully saturated rings. The molecule has 0 aliphatic rings. The van der Waals surface area contributed by atoms with Crippen LogP contribution < -0.4 is 5.32 Å². The van der Waals surface area contributed by atoms with Crippen LogP contribution in [0.4, 0.5) is 4.39 Å². The quantitative estimate of drug-likeness (QED) is 0.828. The van der Waals surface area contributed by atoms with Gasteiger partial charge in [-0.1, -0.05) is 42.5 Å². The summed E-state index contributed by atoms with van der Waals surface area (Å²) in [5, 5.41) is 2.73. The van der Waals surface area contributed by atoms with E-state index in [0.29, 0.717) is 12.1 Å². The first kappa shape index (κ1) is 19.6. The minimum absolute atomic E-state index is 0.0513. The Morgan fingerprint density at radius 1 is 1.08 bits per heavy atom. The van der Waals surface area contributed by atoms with Crippen LogP contribution in [0.25, 0.3) is 0 Å². The lowest BCUT2D eigenvalue weighted by Crippen LogP contribution is -2.48. The summed E-state index contributed by atoms with van der Waals surface area (Å²) >= 11 is 0. The molecular formula is C21H25FN2O2. The Kier molecular flexibility index (Phi) is 6.89. The summed E-state index contributed by atoms with van der Waals surface area (Å²) < 4.78 is 14.1. The van der Waals surface area contributed by atoms with E-state index in [0.717, 1.165) is 11.1 Å². The van der Waals surface area contributed by atoms with E-state index in [1.807, 2.05) is 38.1 Å². The molecule has 1 unspecified atom stereocenters. The molecule has 0 aliphatic carbocycles. The largest absolute Gasteiger partial charge is 0.355 e. The zero-order chi connectivity index (χ0) is 19.1. The van der Waals surface area contributed by atoms with Gasteiger partial charge in [0.2, 0.25) is 11.8 Å². The lowest BCUT2D eigenvalue weighted by molar-refractivity contribution is -0.140. The highest BCUT2D eigenvalue weighted by Crippen LogP contribution is 2.16. The average molecular weight is 356 g/mol. The average Bonchev–Trinajstić information content (AvgIpc) is 2.62. The number of hydrogen-bond donors (Lipinski definition) is 1. The van der Waals surface area contributed by atoms with Crippen LogP contribution in [0.15, 0.2) is 48.5 Å². The van der Waals surface area contributed by atoms with Gasteiger partial charge in [-0.05, 0) is 38.0 Å². The minimum atomic E-state index is -0.689. The van der Waals surface area contributed by atoms with Crippen molar-refractivity contribution in [3.8, 4) is 0 Å². The van der Waals surface area contributed by atoms with Crippen molar-refractivity contribution in [3.05, 3.63) is 71.0 Å². The van der Waals surface area contributed by atoms with Crippen LogP contribution in [0.5, 0.6) is 0 Å². The van der Waals surface area contributed by atoms with Crippen LogP contribution >= 0.6 is 0 Å². The number of aryl methyl sites for hydroxylation is 1. The topological polar surface area (TPSA) is 49.4 Å². The van der Waals surface area contributed by atoms with Crippen LogP contribution in [0.2, 0.25) is 0 Å². The summed E-state index contributed by atoms with van der Waals surface area (Å²) in [6, 6.07) is 13.3. The number of likely N-dealkylation sites (N-methyl/N-ethyl adjacent to an activating group) is 1. The Bertz CT molecular complexity index is 776. The van der Waals surface area contributed by atoms with E-state index in [4.69, 9.17) is 0 Å². The molecule has 0 spiro atoms. The van der Waals surface area contributed by atoms with Crippen molar-refractivity contribution in [2.45, 2.75) is 39.8 Å². The molecule has 5 heteroatoms. The van der Waals surface area contributed by atoms with Crippen molar-refractivity contribution in [2.75, 3.05) is 6.54 Å². The minimum Gasteiger partial charge on any atom is -0.355 e. The number of halogens is 1. The van der Waals surface area contributed by atoms with E-state index >= 15 is 0 Å².